The molecule has 5 heteroatoms. The van der Waals surface area contributed by atoms with Gasteiger partial charge in [0.1, 0.15) is 5.76 Å². The molecule has 2 heterocycles. The zero-order valence-corrected chi connectivity index (χ0v) is 10.9. The van der Waals surface area contributed by atoms with E-state index in [-0.39, 0.29) is 0 Å². The van der Waals surface area contributed by atoms with Gasteiger partial charge in [-0.05, 0) is 50.1 Å². The van der Waals surface area contributed by atoms with Crippen molar-refractivity contribution < 1.29 is 4.42 Å². The van der Waals surface area contributed by atoms with E-state index in [1.165, 1.54) is 0 Å². The van der Waals surface area contributed by atoms with Crippen LogP contribution in [0.3, 0.4) is 0 Å². The van der Waals surface area contributed by atoms with Gasteiger partial charge in [0.2, 0.25) is 0 Å². The summed E-state index contributed by atoms with van der Waals surface area (Å²) in [4.78, 5) is 4.01. The molecule has 0 atom stereocenters. The number of aromatic nitrogens is 1. The predicted octanol–water partition coefficient (Wildman–Crippen LogP) is 3.81. The second-order valence-corrected chi connectivity index (χ2v) is 4.50. The summed E-state index contributed by atoms with van der Waals surface area (Å²) >= 11 is 6.65. The lowest BCUT2D eigenvalue weighted by molar-refractivity contribution is 0.494. The lowest BCUT2D eigenvalue weighted by Crippen LogP contribution is -1.97. The van der Waals surface area contributed by atoms with Gasteiger partial charge in [0.05, 0.1) is 16.7 Å². The van der Waals surface area contributed by atoms with Crippen molar-refractivity contribution in [2.45, 2.75) is 6.54 Å². The van der Waals surface area contributed by atoms with E-state index in [9.17, 15) is 0 Å². The van der Waals surface area contributed by atoms with Crippen LogP contribution in [0.15, 0.2) is 44.2 Å². The molecule has 0 aliphatic carbocycles. The molecule has 0 bridgehead atoms. The largest absolute Gasteiger partial charge is 0.451 e. The lowest BCUT2D eigenvalue weighted by Gasteiger charge is -2.02. The number of halogens is 2. The molecule has 0 spiro atoms. The molecule has 0 radical (unpaired) electrons. The quantitative estimate of drug-likeness (QED) is 0.929. The molecule has 2 aromatic heterocycles. The van der Waals surface area contributed by atoms with E-state index in [0.29, 0.717) is 11.2 Å². The molecule has 3 nitrogen and oxygen atoms in total. The molecule has 2 rings (SSSR count). The average Bonchev–Trinajstić information content (AvgIpc) is 2.57. The molecule has 0 aliphatic heterocycles. The fourth-order valence-electron chi connectivity index (χ4n) is 1.14. The summed E-state index contributed by atoms with van der Waals surface area (Å²) in [5, 5.41) is 3.20. The first kappa shape index (κ1) is 10.7. The van der Waals surface area contributed by atoms with Gasteiger partial charge in [-0.2, -0.15) is 0 Å². The first-order valence-corrected chi connectivity index (χ1v) is 5.92. The van der Waals surface area contributed by atoms with Crippen LogP contribution < -0.4 is 5.32 Å². The minimum absolute atomic E-state index is 0.635. The molecule has 2 aromatic rings. The van der Waals surface area contributed by atoms with Crippen LogP contribution in [0.1, 0.15) is 5.76 Å². The third kappa shape index (κ3) is 2.82. The van der Waals surface area contributed by atoms with Gasteiger partial charge in [0.25, 0.3) is 0 Å². The minimum atomic E-state index is 0.635. The molecule has 0 amide bonds. The summed E-state index contributed by atoms with van der Waals surface area (Å²) in [5.41, 5.74) is 0.973. The molecule has 0 saturated carbocycles. The zero-order valence-electron chi connectivity index (χ0n) is 7.71. The number of pyridine rings is 1. The van der Waals surface area contributed by atoms with Crippen LogP contribution in [-0.2, 0) is 6.54 Å². The fourth-order valence-corrected chi connectivity index (χ4v) is 1.79. The molecule has 0 saturated heterocycles. The van der Waals surface area contributed by atoms with Crippen LogP contribution in [0.5, 0.6) is 0 Å². The average molecular weight is 332 g/mol. The molecule has 15 heavy (non-hydrogen) atoms. The van der Waals surface area contributed by atoms with Crippen molar-refractivity contribution >= 4 is 37.5 Å². The summed E-state index contributed by atoms with van der Waals surface area (Å²) in [5.74, 6) is 0.859. The summed E-state index contributed by atoms with van der Waals surface area (Å²) in [7, 11) is 0. The van der Waals surface area contributed by atoms with E-state index in [0.717, 1.165) is 15.9 Å². The molecule has 78 valence electrons. The third-order valence-electron chi connectivity index (χ3n) is 1.82. The van der Waals surface area contributed by atoms with Crippen LogP contribution in [0, 0.1) is 0 Å². The van der Waals surface area contributed by atoms with Gasteiger partial charge in [-0.3, -0.25) is 4.98 Å². The highest BCUT2D eigenvalue weighted by molar-refractivity contribution is 9.13. The first-order chi connectivity index (χ1) is 7.25. The SMILES string of the molecule is Brc1cc(CNc2cccnc2)oc1Br. The van der Waals surface area contributed by atoms with Gasteiger partial charge in [-0.15, -0.1) is 0 Å². The second kappa shape index (κ2) is 4.81. The maximum Gasteiger partial charge on any atom is 0.183 e. The third-order valence-corrected chi connectivity index (χ3v) is 3.53. The van der Waals surface area contributed by atoms with E-state index in [4.69, 9.17) is 4.42 Å². The van der Waals surface area contributed by atoms with Crippen LogP contribution in [0.4, 0.5) is 5.69 Å². The van der Waals surface area contributed by atoms with Gasteiger partial charge in [-0.25, -0.2) is 0 Å². The Kier molecular flexibility index (Phi) is 3.43. The van der Waals surface area contributed by atoms with Crippen LogP contribution in [0.2, 0.25) is 0 Å². The molecule has 0 aromatic carbocycles. The Bertz CT molecular complexity index is 422. The molecule has 0 unspecified atom stereocenters. The topological polar surface area (TPSA) is 38.1 Å². The highest BCUT2D eigenvalue weighted by Gasteiger charge is 2.05. The van der Waals surface area contributed by atoms with Gasteiger partial charge < -0.3 is 9.73 Å². The Morgan fingerprint density at radius 1 is 1.40 bits per heavy atom. The maximum atomic E-state index is 5.42. The van der Waals surface area contributed by atoms with Crippen molar-refractivity contribution in [2.24, 2.45) is 0 Å². The smallest absolute Gasteiger partial charge is 0.183 e. The summed E-state index contributed by atoms with van der Waals surface area (Å²) in [6.07, 6.45) is 3.51. The Balaban J connectivity index is 1.99. The second-order valence-electron chi connectivity index (χ2n) is 2.93. The first-order valence-electron chi connectivity index (χ1n) is 4.33. The Hall–Kier alpha value is -0.810. The van der Waals surface area contributed by atoms with Crippen molar-refractivity contribution in [1.82, 2.24) is 4.98 Å². The molecule has 0 aliphatic rings. The van der Waals surface area contributed by atoms with E-state index >= 15 is 0 Å². The van der Waals surface area contributed by atoms with Crippen LogP contribution >= 0.6 is 31.9 Å². The van der Waals surface area contributed by atoms with Crippen molar-refractivity contribution in [3.8, 4) is 0 Å². The van der Waals surface area contributed by atoms with Crippen molar-refractivity contribution in [2.75, 3.05) is 5.32 Å². The van der Waals surface area contributed by atoms with Gasteiger partial charge in [0.15, 0.2) is 4.67 Å². The van der Waals surface area contributed by atoms with E-state index < -0.39 is 0 Å². The van der Waals surface area contributed by atoms with Crippen LogP contribution in [-0.4, -0.2) is 4.98 Å². The van der Waals surface area contributed by atoms with Crippen molar-refractivity contribution in [1.29, 1.82) is 0 Å². The Morgan fingerprint density at radius 2 is 2.27 bits per heavy atom. The Morgan fingerprint density at radius 3 is 2.87 bits per heavy atom. The summed E-state index contributed by atoms with van der Waals surface area (Å²) in [6, 6.07) is 5.77. The van der Waals surface area contributed by atoms with E-state index in [1.54, 1.807) is 12.4 Å². The number of nitrogens with zero attached hydrogens (tertiary/aromatic N) is 1. The number of furan rings is 1. The summed E-state index contributed by atoms with van der Waals surface area (Å²) < 4.78 is 7.06. The normalized spacial score (nSPS) is 10.3. The maximum absolute atomic E-state index is 5.42. The molecule has 1 N–H and O–H groups in total. The fraction of sp³-hybridized carbons (Fsp3) is 0.100. The minimum Gasteiger partial charge on any atom is -0.451 e. The number of rotatable bonds is 3. The highest BCUT2D eigenvalue weighted by atomic mass is 79.9. The van der Waals surface area contributed by atoms with Gasteiger partial charge in [-0.1, -0.05) is 0 Å². The lowest BCUT2D eigenvalue weighted by atomic mass is 10.4. The van der Waals surface area contributed by atoms with E-state index in [2.05, 4.69) is 42.2 Å². The number of nitrogens with one attached hydrogen (secondary N) is 1. The van der Waals surface area contributed by atoms with Gasteiger partial charge >= 0.3 is 0 Å². The predicted molar refractivity (Wildman–Crippen MR) is 65.7 cm³/mol. The van der Waals surface area contributed by atoms with Crippen LogP contribution in [0.25, 0.3) is 0 Å². The standard InChI is InChI=1S/C10H8Br2N2O/c11-9-4-8(15-10(9)12)6-14-7-2-1-3-13-5-7/h1-5,14H,6H2. The van der Waals surface area contributed by atoms with Crippen molar-refractivity contribution in [3.05, 3.63) is 45.5 Å². The zero-order chi connectivity index (χ0) is 10.7. The molecular weight excluding hydrogens is 324 g/mol. The molecular formula is C10H8Br2N2O. The number of anilines is 1. The monoisotopic (exact) mass is 330 g/mol. The molecule has 0 fully saturated rings. The van der Waals surface area contributed by atoms with Crippen molar-refractivity contribution in [3.63, 3.8) is 0 Å². The summed E-state index contributed by atoms with van der Waals surface area (Å²) in [6.45, 7) is 0.635. The Labute approximate surface area is 104 Å². The highest BCUT2D eigenvalue weighted by Crippen LogP contribution is 2.27. The van der Waals surface area contributed by atoms with Gasteiger partial charge in [0, 0.05) is 12.4 Å². The number of hydrogen-bond acceptors (Lipinski definition) is 3. The van der Waals surface area contributed by atoms with E-state index in [1.807, 2.05) is 18.2 Å². The number of hydrogen-bond donors (Lipinski definition) is 1.